The Hall–Kier alpha value is -1.75. The normalized spacial score (nSPS) is 16.1. The molecule has 3 heterocycles. The molecule has 10 heteroatoms. The van der Waals surface area contributed by atoms with Crippen molar-refractivity contribution in [3.8, 4) is 0 Å². The number of amides is 1. The number of hydrogen-bond acceptors (Lipinski definition) is 7. The van der Waals surface area contributed by atoms with E-state index in [2.05, 4.69) is 20.3 Å². The first-order valence-corrected chi connectivity index (χ1v) is 10.2. The van der Waals surface area contributed by atoms with Crippen molar-refractivity contribution < 1.29 is 17.6 Å². The van der Waals surface area contributed by atoms with E-state index in [4.69, 9.17) is 4.42 Å². The molecule has 1 aliphatic rings. The first kappa shape index (κ1) is 18.1. The van der Waals surface area contributed by atoms with Gasteiger partial charge in [0.2, 0.25) is 5.09 Å². The molecule has 0 saturated carbocycles. The van der Waals surface area contributed by atoms with Crippen LogP contribution in [0.5, 0.6) is 0 Å². The van der Waals surface area contributed by atoms with Gasteiger partial charge in [0, 0.05) is 17.1 Å². The van der Waals surface area contributed by atoms with Gasteiger partial charge in [-0.25, -0.2) is 18.1 Å². The molecule has 0 atom stereocenters. The molecule has 0 aromatic carbocycles. The van der Waals surface area contributed by atoms with Crippen LogP contribution in [0.25, 0.3) is 0 Å². The quantitative estimate of drug-likeness (QED) is 0.723. The van der Waals surface area contributed by atoms with E-state index in [9.17, 15) is 13.2 Å². The molecule has 25 heavy (non-hydrogen) atoms. The minimum atomic E-state index is -3.73. The summed E-state index contributed by atoms with van der Waals surface area (Å²) in [5, 5.41) is 6.25. The Morgan fingerprint density at radius 1 is 1.40 bits per heavy atom. The van der Waals surface area contributed by atoms with Crippen molar-refractivity contribution in [3.63, 3.8) is 0 Å². The van der Waals surface area contributed by atoms with Crippen molar-refractivity contribution in [1.29, 1.82) is 0 Å². The Bertz CT molecular complexity index is 866. The molecular weight excluding hydrogens is 364 g/mol. The molecule has 3 N–H and O–H groups in total. The first-order chi connectivity index (χ1) is 11.9. The fourth-order valence-electron chi connectivity index (χ4n) is 2.72. The Labute approximate surface area is 150 Å². The van der Waals surface area contributed by atoms with E-state index in [0.29, 0.717) is 11.0 Å². The monoisotopic (exact) mass is 384 g/mol. The summed E-state index contributed by atoms with van der Waals surface area (Å²) in [6.45, 7) is 3.52. The van der Waals surface area contributed by atoms with Crippen LogP contribution in [0.4, 0.5) is 5.13 Å². The number of aromatic nitrogens is 1. The number of rotatable bonds is 5. The van der Waals surface area contributed by atoms with E-state index in [1.807, 2.05) is 0 Å². The Kier molecular flexibility index (Phi) is 5.23. The van der Waals surface area contributed by atoms with Crippen LogP contribution in [-0.2, 0) is 10.0 Å². The number of nitrogens with one attached hydrogen (secondary N) is 3. The topological polar surface area (TPSA) is 113 Å². The van der Waals surface area contributed by atoms with Gasteiger partial charge in [-0.2, -0.15) is 0 Å². The summed E-state index contributed by atoms with van der Waals surface area (Å²) < 4.78 is 30.9. The standard InChI is InChI=1S/C15H20N4O4S2/c1-9-11(7-13(23-9)25(21,22)16-2)14(20)19-15-18-8-12(24-15)10-3-5-17-6-4-10/h7-8,10,16-17H,3-6H2,1-2H3,(H,18,19,20). The van der Waals surface area contributed by atoms with Crippen LogP contribution in [0.1, 0.15) is 39.8 Å². The van der Waals surface area contributed by atoms with Crippen molar-refractivity contribution >= 4 is 32.4 Å². The molecule has 0 aliphatic carbocycles. The smallest absolute Gasteiger partial charge is 0.273 e. The second kappa shape index (κ2) is 7.24. The van der Waals surface area contributed by atoms with Crippen LogP contribution in [0.15, 0.2) is 21.8 Å². The van der Waals surface area contributed by atoms with Crippen LogP contribution in [0.2, 0.25) is 0 Å². The lowest BCUT2D eigenvalue weighted by atomic mass is 9.97. The van der Waals surface area contributed by atoms with E-state index < -0.39 is 15.9 Å². The maximum atomic E-state index is 12.4. The van der Waals surface area contributed by atoms with Gasteiger partial charge in [0.1, 0.15) is 5.76 Å². The Morgan fingerprint density at radius 3 is 2.80 bits per heavy atom. The number of hydrogen-bond donors (Lipinski definition) is 3. The third-order valence-corrected chi connectivity index (χ3v) is 6.50. The minimum Gasteiger partial charge on any atom is -0.448 e. The van der Waals surface area contributed by atoms with Gasteiger partial charge >= 0.3 is 0 Å². The van der Waals surface area contributed by atoms with E-state index >= 15 is 0 Å². The second-order valence-corrected chi connectivity index (χ2v) is 8.67. The number of piperidine rings is 1. The molecule has 0 spiro atoms. The van der Waals surface area contributed by atoms with Gasteiger partial charge < -0.3 is 9.73 Å². The van der Waals surface area contributed by atoms with Crippen LogP contribution in [0, 0.1) is 6.92 Å². The summed E-state index contributed by atoms with van der Waals surface area (Å²) in [6.07, 6.45) is 3.92. The highest BCUT2D eigenvalue weighted by atomic mass is 32.2. The molecule has 0 radical (unpaired) electrons. The molecule has 0 bridgehead atoms. The summed E-state index contributed by atoms with van der Waals surface area (Å²) in [7, 11) is -2.45. The maximum absolute atomic E-state index is 12.4. The van der Waals surface area contributed by atoms with E-state index in [1.54, 1.807) is 13.1 Å². The van der Waals surface area contributed by atoms with Crippen LogP contribution in [-0.4, -0.2) is 39.4 Å². The van der Waals surface area contributed by atoms with Crippen molar-refractivity contribution in [1.82, 2.24) is 15.0 Å². The van der Waals surface area contributed by atoms with Crippen molar-refractivity contribution in [2.45, 2.75) is 30.8 Å². The van der Waals surface area contributed by atoms with Gasteiger partial charge in [0.15, 0.2) is 5.13 Å². The number of aryl methyl sites for hydroxylation is 1. The molecule has 0 unspecified atom stereocenters. The molecule has 8 nitrogen and oxygen atoms in total. The second-order valence-electron chi connectivity index (χ2n) is 5.79. The van der Waals surface area contributed by atoms with Crippen molar-refractivity contribution in [3.05, 3.63) is 28.5 Å². The molecule has 136 valence electrons. The first-order valence-electron chi connectivity index (χ1n) is 7.92. The van der Waals surface area contributed by atoms with Gasteiger partial charge in [-0.1, -0.05) is 0 Å². The molecule has 1 aliphatic heterocycles. The predicted molar refractivity (Wildman–Crippen MR) is 94.6 cm³/mol. The average Bonchev–Trinajstić information content (AvgIpc) is 3.22. The zero-order valence-electron chi connectivity index (χ0n) is 14.0. The Balaban J connectivity index is 1.73. The van der Waals surface area contributed by atoms with Crippen molar-refractivity contribution in [2.24, 2.45) is 0 Å². The Morgan fingerprint density at radius 2 is 2.12 bits per heavy atom. The van der Waals surface area contributed by atoms with Gasteiger partial charge in [-0.05, 0) is 45.8 Å². The van der Waals surface area contributed by atoms with E-state index in [0.717, 1.165) is 30.8 Å². The van der Waals surface area contributed by atoms with E-state index in [-0.39, 0.29) is 16.4 Å². The number of sulfonamides is 1. The number of furan rings is 1. The molecular formula is C15H20N4O4S2. The third-order valence-electron chi connectivity index (χ3n) is 4.16. The molecule has 1 saturated heterocycles. The maximum Gasteiger partial charge on any atom is 0.273 e. The summed E-state index contributed by atoms with van der Waals surface area (Å²) >= 11 is 1.45. The van der Waals surface area contributed by atoms with Gasteiger partial charge in [0.25, 0.3) is 15.9 Å². The predicted octanol–water partition coefficient (Wildman–Crippen LogP) is 1.67. The SMILES string of the molecule is CNS(=O)(=O)c1cc(C(=O)Nc2ncc(C3CCNCC3)s2)c(C)o1. The highest BCUT2D eigenvalue weighted by molar-refractivity contribution is 7.89. The summed E-state index contributed by atoms with van der Waals surface area (Å²) in [6, 6.07) is 1.22. The fraction of sp³-hybridized carbons (Fsp3) is 0.467. The zero-order valence-corrected chi connectivity index (χ0v) is 15.6. The summed E-state index contributed by atoms with van der Waals surface area (Å²) in [4.78, 5) is 17.8. The molecule has 1 fully saturated rings. The number of nitrogens with zero attached hydrogens (tertiary/aromatic N) is 1. The van der Waals surface area contributed by atoms with Crippen LogP contribution >= 0.6 is 11.3 Å². The van der Waals surface area contributed by atoms with Gasteiger partial charge in [-0.15, -0.1) is 11.3 Å². The lowest BCUT2D eigenvalue weighted by Gasteiger charge is -2.20. The zero-order chi connectivity index (χ0) is 18.0. The van der Waals surface area contributed by atoms with Crippen LogP contribution < -0.4 is 15.4 Å². The molecule has 2 aromatic heterocycles. The van der Waals surface area contributed by atoms with Crippen molar-refractivity contribution in [2.75, 3.05) is 25.5 Å². The summed E-state index contributed by atoms with van der Waals surface area (Å²) in [5.74, 6) is 0.263. The summed E-state index contributed by atoms with van der Waals surface area (Å²) in [5.41, 5.74) is 0.174. The van der Waals surface area contributed by atoms with Crippen LogP contribution in [0.3, 0.4) is 0 Å². The molecule has 3 rings (SSSR count). The average molecular weight is 384 g/mol. The van der Waals surface area contributed by atoms with Gasteiger partial charge in [0.05, 0.1) is 5.56 Å². The number of thiazole rings is 1. The lowest BCUT2D eigenvalue weighted by Crippen LogP contribution is -2.26. The highest BCUT2D eigenvalue weighted by Crippen LogP contribution is 2.32. The third kappa shape index (κ3) is 3.92. The fourth-order valence-corrected chi connectivity index (χ4v) is 4.41. The number of anilines is 1. The van der Waals surface area contributed by atoms with E-state index in [1.165, 1.54) is 24.5 Å². The lowest BCUT2D eigenvalue weighted by molar-refractivity contribution is 0.102. The minimum absolute atomic E-state index is 0.174. The molecule has 2 aromatic rings. The van der Waals surface area contributed by atoms with Gasteiger partial charge in [-0.3, -0.25) is 10.1 Å². The highest BCUT2D eigenvalue weighted by Gasteiger charge is 2.24. The number of carbonyl (C=O) groups excluding carboxylic acids is 1. The number of carbonyl (C=O) groups is 1. The largest absolute Gasteiger partial charge is 0.448 e. The molecule has 1 amide bonds.